The molecule has 0 aliphatic heterocycles. The molecule has 20 heavy (non-hydrogen) atoms. The van der Waals surface area contributed by atoms with Crippen molar-refractivity contribution < 1.29 is 4.92 Å². The maximum Gasteiger partial charge on any atom is 0.278 e. The van der Waals surface area contributed by atoms with Crippen LogP contribution in [0.5, 0.6) is 0 Å². The van der Waals surface area contributed by atoms with E-state index in [1.807, 2.05) is 18.2 Å². The smallest absolute Gasteiger partial charge is 0.258 e. The molecule has 0 amide bonds. The van der Waals surface area contributed by atoms with E-state index >= 15 is 0 Å². The van der Waals surface area contributed by atoms with Crippen molar-refractivity contribution in [3.05, 3.63) is 63.9 Å². The van der Waals surface area contributed by atoms with Gasteiger partial charge in [-0.1, -0.05) is 30.3 Å². The lowest BCUT2D eigenvalue weighted by molar-refractivity contribution is -0.384. The summed E-state index contributed by atoms with van der Waals surface area (Å²) in [6, 6.07) is 13.7. The number of nitro benzene ring substituents is 1. The van der Waals surface area contributed by atoms with Gasteiger partial charge in [-0.25, -0.2) is 9.97 Å². The van der Waals surface area contributed by atoms with Crippen molar-refractivity contribution in [2.24, 2.45) is 0 Å². The number of benzene rings is 2. The predicted molar refractivity (Wildman–Crippen MR) is 76.6 cm³/mol. The van der Waals surface area contributed by atoms with Crippen LogP contribution in [0, 0.1) is 10.1 Å². The van der Waals surface area contributed by atoms with Gasteiger partial charge in [0.05, 0.1) is 21.7 Å². The van der Waals surface area contributed by atoms with E-state index in [1.165, 1.54) is 6.07 Å². The summed E-state index contributed by atoms with van der Waals surface area (Å²) in [5.74, 6) is 0. The van der Waals surface area contributed by atoms with Crippen LogP contribution in [-0.2, 0) is 0 Å². The van der Waals surface area contributed by atoms with Crippen molar-refractivity contribution in [1.29, 1.82) is 0 Å². The van der Waals surface area contributed by atoms with Crippen molar-refractivity contribution in [3.8, 4) is 11.3 Å². The Hall–Kier alpha value is -2.53. The van der Waals surface area contributed by atoms with Gasteiger partial charge in [-0.15, -0.1) is 0 Å². The minimum atomic E-state index is -0.430. The molecule has 1 aromatic heterocycles. The normalized spacial score (nSPS) is 10.7. The number of para-hydroxylation sites is 2. The van der Waals surface area contributed by atoms with Gasteiger partial charge >= 0.3 is 0 Å². The van der Waals surface area contributed by atoms with E-state index in [0.29, 0.717) is 16.8 Å². The summed E-state index contributed by atoms with van der Waals surface area (Å²) in [5.41, 5.74) is 1.54. The van der Waals surface area contributed by atoms with Crippen LogP contribution in [0.25, 0.3) is 22.2 Å². The van der Waals surface area contributed by atoms with Gasteiger partial charge in [-0.3, -0.25) is 10.1 Å². The van der Waals surface area contributed by atoms with E-state index in [1.54, 1.807) is 24.3 Å². The van der Waals surface area contributed by atoms with Gasteiger partial charge in [0.15, 0.2) is 0 Å². The molecule has 0 radical (unpaired) electrons. The minimum absolute atomic E-state index is 0.00702. The highest BCUT2D eigenvalue weighted by atomic mass is 35.5. The molecular weight excluding hydrogens is 278 g/mol. The molecule has 5 nitrogen and oxygen atoms in total. The van der Waals surface area contributed by atoms with Crippen molar-refractivity contribution in [2.75, 3.05) is 0 Å². The Bertz CT molecular complexity index is 820. The van der Waals surface area contributed by atoms with Gasteiger partial charge in [-0.2, -0.15) is 0 Å². The van der Waals surface area contributed by atoms with E-state index in [0.717, 1.165) is 5.39 Å². The first-order valence-corrected chi connectivity index (χ1v) is 6.20. The van der Waals surface area contributed by atoms with Gasteiger partial charge in [0, 0.05) is 11.5 Å². The third-order valence-electron chi connectivity index (χ3n) is 2.93. The highest BCUT2D eigenvalue weighted by molar-refractivity contribution is 6.28. The van der Waals surface area contributed by atoms with Crippen LogP contribution in [0.2, 0.25) is 5.28 Å². The Balaban J connectivity index is 2.38. The number of nitro groups is 1. The molecule has 0 spiro atoms. The zero-order valence-corrected chi connectivity index (χ0v) is 10.9. The van der Waals surface area contributed by atoms with Crippen molar-refractivity contribution in [2.45, 2.75) is 0 Å². The number of hydrogen-bond acceptors (Lipinski definition) is 4. The fourth-order valence-corrected chi connectivity index (χ4v) is 2.26. The van der Waals surface area contributed by atoms with Crippen molar-refractivity contribution in [3.63, 3.8) is 0 Å². The van der Waals surface area contributed by atoms with Crippen LogP contribution in [0.1, 0.15) is 0 Å². The van der Waals surface area contributed by atoms with Gasteiger partial charge in [0.1, 0.15) is 0 Å². The number of hydrogen-bond donors (Lipinski definition) is 0. The molecule has 3 rings (SSSR count). The first kappa shape index (κ1) is 12.5. The van der Waals surface area contributed by atoms with E-state index in [-0.39, 0.29) is 11.0 Å². The van der Waals surface area contributed by atoms with Crippen LogP contribution < -0.4 is 0 Å². The first-order chi connectivity index (χ1) is 9.66. The molecule has 0 fully saturated rings. The number of rotatable bonds is 2. The lowest BCUT2D eigenvalue weighted by atomic mass is 10.0. The van der Waals surface area contributed by atoms with Gasteiger partial charge in [-0.05, 0) is 23.7 Å². The van der Waals surface area contributed by atoms with Gasteiger partial charge in [0.2, 0.25) is 5.28 Å². The maximum atomic E-state index is 11.1. The van der Waals surface area contributed by atoms with E-state index in [4.69, 9.17) is 11.6 Å². The zero-order chi connectivity index (χ0) is 14.1. The zero-order valence-electron chi connectivity index (χ0n) is 10.2. The molecule has 2 aromatic carbocycles. The summed E-state index contributed by atoms with van der Waals surface area (Å²) in [6.07, 6.45) is 0. The molecule has 0 atom stereocenters. The molecule has 0 saturated heterocycles. The van der Waals surface area contributed by atoms with Gasteiger partial charge in [0.25, 0.3) is 5.69 Å². The van der Waals surface area contributed by atoms with Gasteiger partial charge < -0.3 is 0 Å². The molecule has 0 saturated carbocycles. The summed E-state index contributed by atoms with van der Waals surface area (Å²) >= 11 is 5.91. The second-order valence-corrected chi connectivity index (χ2v) is 4.47. The molecular formula is C14H8ClN3O2. The van der Waals surface area contributed by atoms with Crippen LogP contribution in [-0.4, -0.2) is 14.9 Å². The van der Waals surface area contributed by atoms with E-state index < -0.39 is 4.92 Å². The molecule has 0 aliphatic rings. The summed E-state index contributed by atoms with van der Waals surface area (Å²) in [5, 5.41) is 11.9. The quantitative estimate of drug-likeness (QED) is 0.407. The molecule has 0 aliphatic carbocycles. The maximum absolute atomic E-state index is 11.1. The second-order valence-electron chi connectivity index (χ2n) is 4.13. The third kappa shape index (κ3) is 2.08. The number of nitrogens with zero attached hydrogens (tertiary/aromatic N) is 3. The van der Waals surface area contributed by atoms with Crippen LogP contribution >= 0.6 is 11.6 Å². The average Bonchev–Trinajstić information content (AvgIpc) is 2.46. The predicted octanol–water partition coefficient (Wildman–Crippen LogP) is 3.86. The highest BCUT2D eigenvalue weighted by Crippen LogP contribution is 2.33. The van der Waals surface area contributed by atoms with E-state index in [2.05, 4.69) is 9.97 Å². The van der Waals surface area contributed by atoms with Crippen LogP contribution in [0.3, 0.4) is 0 Å². The molecule has 0 bridgehead atoms. The summed E-state index contributed by atoms with van der Waals surface area (Å²) in [6.45, 7) is 0. The average molecular weight is 286 g/mol. The standard InChI is InChI=1S/C14H8ClN3O2/c15-14-16-11-7-3-1-5-9(11)13(17-14)10-6-2-4-8-12(10)18(19)20/h1-8H. The molecule has 1 heterocycles. The largest absolute Gasteiger partial charge is 0.278 e. The fourth-order valence-electron chi connectivity index (χ4n) is 2.09. The van der Waals surface area contributed by atoms with E-state index in [9.17, 15) is 10.1 Å². The summed E-state index contributed by atoms with van der Waals surface area (Å²) in [7, 11) is 0. The lowest BCUT2D eigenvalue weighted by Gasteiger charge is -2.06. The minimum Gasteiger partial charge on any atom is -0.258 e. The molecule has 3 aromatic rings. The monoisotopic (exact) mass is 285 g/mol. The number of aromatic nitrogens is 2. The topological polar surface area (TPSA) is 68.9 Å². The summed E-state index contributed by atoms with van der Waals surface area (Å²) in [4.78, 5) is 19.0. The molecule has 6 heteroatoms. The SMILES string of the molecule is O=[N+]([O-])c1ccccc1-c1nc(Cl)nc2ccccc12. The van der Waals surface area contributed by atoms with Crippen LogP contribution in [0.15, 0.2) is 48.5 Å². The first-order valence-electron chi connectivity index (χ1n) is 5.83. The number of fused-ring (bicyclic) bond motifs is 1. The summed E-state index contributed by atoms with van der Waals surface area (Å²) < 4.78 is 0. The van der Waals surface area contributed by atoms with Crippen molar-refractivity contribution >= 4 is 28.2 Å². The second kappa shape index (κ2) is 4.86. The molecule has 0 unspecified atom stereocenters. The Morgan fingerprint density at radius 2 is 1.70 bits per heavy atom. The molecule has 98 valence electrons. The Kier molecular flexibility index (Phi) is 3.04. The lowest BCUT2D eigenvalue weighted by Crippen LogP contribution is -1.96. The highest BCUT2D eigenvalue weighted by Gasteiger charge is 2.18. The Morgan fingerprint density at radius 3 is 2.50 bits per heavy atom. The Labute approximate surface area is 119 Å². The Morgan fingerprint density at radius 1 is 1.00 bits per heavy atom. The fraction of sp³-hybridized carbons (Fsp3) is 0. The van der Waals surface area contributed by atoms with Crippen molar-refractivity contribution in [1.82, 2.24) is 9.97 Å². The van der Waals surface area contributed by atoms with Crippen LogP contribution in [0.4, 0.5) is 5.69 Å². The molecule has 0 N–H and O–H groups in total. The number of halogens is 1. The third-order valence-corrected chi connectivity index (χ3v) is 3.10.